The maximum absolute atomic E-state index is 13.1. The SMILES string of the molecule is CC(=O)N1CCN(C(=O)c2cccc(-c3cc4ccccc4oc3=O)c2)CC(O)C1. The van der Waals surface area contributed by atoms with Crippen molar-refractivity contribution in [1.29, 1.82) is 0 Å². The van der Waals surface area contributed by atoms with E-state index in [1.54, 1.807) is 42.5 Å². The number of aliphatic hydroxyl groups is 1. The summed E-state index contributed by atoms with van der Waals surface area (Å²) in [6, 6.07) is 15.8. The molecule has 2 heterocycles. The number of hydrogen-bond acceptors (Lipinski definition) is 5. The molecule has 7 heteroatoms. The van der Waals surface area contributed by atoms with E-state index in [9.17, 15) is 19.5 Å². The summed E-state index contributed by atoms with van der Waals surface area (Å²) < 4.78 is 5.41. The van der Waals surface area contributed by atoms with E-state index < -0.39 is 11.7 Å². The van der Waals surface area contributed by atoms with Gasteiger partial charge in [0.25, 0.3) is 5.91 Å². The highest BCUT2D eigenvalue weighted by molar-refractivity contribution is 5.96. The van der Waals surface area contributed by atoms with Crippen LogP contribution in [-0.4, -0.2) is 59.0 Å². The monoisotopic (exact) mass is 406 g/mol. The molecule has 154 valence electrons. The third kappa shape index (κ3) is 3.97. The molecule has 0 spiro atoms. The molecule has 30 heavy (non-hydrogen) atoms. The molecule has 0 aliphatic carbocycles. The highest BCUT2D eigenvalue weighted by Gasteiger charge is 2.26. The Morgan fingerprint density at radius 3 is 2.53 bits per heavy atom. The molecule has 1 saturated heterocycles. The lowest BCUT2D eigenvalue weighted by Crippen LogP contribution is -2.37. The van der Waals surface area contributed by atoms with Crippen molar-refractivity contribution in [2.75, 3.05) is 26.2 Å². The van der Waals surface area contributed by atoms with Crippen LogP contribution in [0.2, 0.25) is 0 Å². The number of hydrogen-bond donors (Lipinski definition) is 1. The summed E-state index contributed by atoms with van der Waals surface area (Å²) in [4.78, 5) is 40.3. The van der Waals surface area contributed by atoms with Crippen LogP contribution in [0.1, 0.15) is 17.3 Å². The van der Waals surface area contributed by atoms with Crippen molar-refractivity contribution >= 4 is 22.8 Å². The van der Waals surface area contributed by atoms with Gasteiger partial charge in [-0.1, -0.05) is 30.3 Å². The van der Waals surface area contributed by atoms with Gasteiger partial charge < -0.3 is 19.3 Å². The molecule has 1 atom stereocenters. The van der Waals surface area contributed by atoms with E-state index in [1.807, 2.05) is 12.1 Å². The zero-order valence-corrected chi connectivity index (χ0v) is 16.6. The summed E-state index contributed by atoms with van der Waals surface area (Å²) in [5.41, 5.74) is 1.40. The van der Waals surface area contributed by atoms with E-state index in [-0.39, 0.29) is 24.9 Å². The predicted molar refractivity (Wildman–Crippen MR) is 112 cm³/mol. The van der Waals surface area contributed by atoms with E-state index in [2.05, 4.69) is 0 Å². The minimum absolute atomic E-state index is 0.131. The second-order valence-corrected chi connectivity index (χ2v) is 7.44. The fourth-order valence-electron chi connectivity index (χ4n) is 3.73. The van der Waals surface area contributed by atoms with Crippen molar-refractivity contribution < 1.29 is 19.1 Å². The first-order valence-corrected chi connectivity index (χ1v) is 9.78. The van der Waals surface area contributed by atoms with Crippen LogP contribution in [0.25, 0.3) is 22.1 Å². The maximum atomic E-state index is 13.1. The lowest BCUT2D eigenvalue weighted by atomic mass is 10.0. The Morgan fingerprint density at radius 2 is 1.73 bits per heavy atom. The molecule has 7 nitrogen and oxygen atoms in total. The Hall–Kier alpha value is -3.45. The molecule has 1 fully saturated rings. The van der Waals surface area contributed by atoms with Crippen LogP contribution in [0.5, 0.6) is 0 Å². The van der Waals surface area contributed by atoms with Crippen LogP contribution in [0, 0.1) is 0 Å². The van der Waals surface area contributed by atoms with Gasteiger partial charge in [-0.05, 0) is 29.8 Å². The number of nitrogens with zero attached hydrogens (tertiary/aromatic N) is 2. The molecular formula is C23H22N2O5. The fourth-order valence-corrected chi connectivity index (χ4v) is 3.73. The zero-order valence-electron chi connectivity index (χ0n) is 16.6. The van der Waals surface area contributed by atoms with Gasteiger partial charge in [-0.3, -0.25) is 9.59 Å². The van der Waals surface area contributed by atoms with Crippen molar-refractivity contribution in [3.05, 3.63) is 70.6 Å². The van der Waals surface area contributed by atoms with E-state index in [1.165, 1.54) is 16.7 Å². The zero-order chi connectivity index (χ0) is 21.3. The van der Waals surface area contributed by atoms with Crippen LogP contribution in [-0.2, 0) is 4.79 Å². The Kier molecular flexibility index (Phi) is 5.37. The Balaban J connectivity index is 1.64. The van der Waals surface area contributed by atoms with E-state index >= 15 is 0 Å². The van der Waals surface area contributed by atoms with E-state index in [4.69, 9.17) is 4.42 Å². The van der Waals surface area contributed by atoms with Gasteiger partial charge in [-0.2, -0.15) is 0 Å². The van der Waals surface area contributed by atoms with Crippen LogP contribution < -0.4 is 5.63 Å². The molecule has 0 saturated carbocycles. The smallest absolute Gasteiger partial charge is 0.344 e. The summed E-state index contributed by atoms with van der Waals surface area (Å²) in [7, 11) is 0. The molecule has 0 radical (unpaired) electrons. The first-order valence-electron chi connectivity index (χ1n) is 9.78. The Morgan fingerprint density at radius 1 is 1.00 bits per heavy atom. The maximum Gasteiger partial charge on any atom is 0.344 e. The number of benzene rings is 2. The van der Waals surface area contributed by atoms with Crippen LogP contribution in [0.3, 0.4) is 0 Å². The number of aliphatic hydroxyl groups excluding tert-OH is 1. The summed E-state index contributed by atoms with van der Waals surface area (Å²) in [5.74, 6) is -0.389. The third-order valence-electron chi connectivity index (χ3n) is 5.30. The number of carbonyl (C=O) groups excluding carboxylic acids is 2. The first kappa shape index (κ1) is 19.8. The summed E-state index contributed by atoms with van der Waals surface area (Å²) >= 11 is 0. The molecule has 1 aromatic heterocycles. The lowest BCUT2D eigenvalue weighted by molar-refractivity contribution is -0.129. The van der Waals surface area contributed by atoms with Crippen LogP contribution >= 0.6 is 0 Å². The van der Waals surface area contributed by atoms with Crippen molar-refractivity contribution in [2.45, 2.75) is 13.0 Å². The van der Waals surface area contributed by atoms with Gasteiger partial charge in [0.05, 0.1) is 11.7 Å². The summed E-state index contributed by atoms with van der Waals surface area (Å²) in [6.07, 6.45) is -0.809. The first-order chi connectivity index (χ1) is 14.4. The average molecular weight is 406 g/mol. The molecule has 4 rings (SSSR count). The van der Waals surface area contributed by atoms with E-state index in [0.29, 0.717) is 35.4 Å². The van der Waals surface area contributed by atoms with Crippen molar-refractivity contribution in [1.82, 2.24) is 9.80 Å². The van der Waals surface area contributed by atoms with Gasteiger partial charge in [0.2, 0.25) is 5.91 Å². The number of β-amino-alcohol motifs (C(OH)–C–C–N with tert-alkyl or cyclic N) is 1. The molecular weight excluding hydrogens is 384 g/mol. The predicted octanol–water partition coefficient (Wildman–Crippen LogP) is 2.13. The molecule has 0 bridgehead atoms. The normalized spacial score (nSPS) is 17.1. The highest BCUT2D eigenvalue weighted by Crippen LogP contribution is 2.22. The van der Waals surface area contributed by atoms with Gasteiger partial charge in [0, 0.05) is 44.1 Å². The number of amides is 2. The Labute approximate surface area is 173 Å². The quantitative estimate of drug-likeness (QED) is 0.659. The van der Waals surface area contributed by atoms with Gasteiger partial charge in [0.15, 0.2) is 0 Å². The van der Waals surface area contributed by atoms with Gasteiger partial charge in [0.1, 0.15) is 5.58 Å². The molecule has 1 N–H and O–H groups in total. The summed E-state index contributed by atoms with van der Waals surface area (Å²) in [6.45, 7) is 2.49. The van der Waals surface area contributed by atoms with Gasteiger partial charge >= 0.3 is 5.63 Å². The minimum Gasteiger partial charge on any atom is -0.422 e. The molecule has 2 aromatic carbocycles. The van der Waals surface area contributed by atoms with Crippen molar-refractivity contribution in [3.63, 3.8) is 0 Å². The van der Waals surface area contributed by atoms with Gasteiger partial charge in [-0.25, -0.2) is 4.79 Å². The van der Waals surface area contributed by atoms with Crippen LogP contribution in [0.4, 0.5) is 0 Å². The second kappa shape index (κ2) is 8.12. The molecule has 1 aliphatic rings. The molecule has 2 amide bonds. The van der Waals surface area contributed by atoms with Crippen molar-refractivity contribution in [3.8, 4) is 11.1 Å². The highest BCUT2D eigenvalue weighted by atomic mass is 16.4. The average Bonchev–Trinajstić information content (AvgIpc) is 2.94. The van der Waals surface area contributed by atoms with Crippen LogP contribution in [0.15, 0.2) is 63.8 Å². The second-order valence-electron chi connectivity index (χ2n) is 7.44. The standard InChI is InChI=1S/C23H22N2O5/c1-15(26)24-9-10-25(14-19(27)13-24)22(28)18-7-4-6-16(11-18)20-12-17-5-2-3-8-21(17)30-23(20)29/h2-8,11-12,19,27H,9-10,13-14H2,1H3. The number of carbonyl (C=O) groups is 2. The number of rotatable bonds is 2. The molecule has 1 aliphatic heterocycles. The third-order valence-corrected chi connectivity index (χ3v) is 5.30. The number of fused-ring (bicyclic) bond motifs is 1. The minimum atomic E-state index is -0.809. The number of para-hydroxylation sites is 1. The molecule has 1 unspecified atom stereocenters. The van der Waals surface area contributed by atoms with E-state index in [0.717, 1.165) is 5.39 Å². The Bertz CT molecular complexity index is 1170. The summed E-state index contributed by atoms with van der Waals surface area (Å²) in [5, 5.41) is 11.0. The van der Waals surface area contributed by atoms with Crippen molar-refractivity contribution in [2.24, 2.45) is 0 Å². The largest absolute Gasteiger partial charge is 0.422 e. The molecule has 3 aromatic rings. The topological polar surface area (TPSA) is 91.1 Å². The fraction of sp³-hybridized carbons (Fsp3) is 0.261. The lowest BCUT2D eigenvalue weighted by Gasteiger charge is -2.22. The van der Waals surface area contributed by atoms with Gasteiger partial charge in [-0.15, -0.1) is 0 Å².